The summed E-state index contributed by atoms with van der Waals surface area (Å²) in [5, 5.41) is 19.5. The van der Waals surface area contributed by atoms with Gasteiger partial charge in [-0.05, 0) is 12.0 Å². The van der Waals surface area contributed by atoms with E-state index in [1.165, 1.54) is 0 Å². The minimum absolute atomic E-state index is 0.0178. The number of hydrogen-bond donors (Lipinski definition) is 3. The maximum absolute atomic E-state index is 11.5. The largest absolute Gasteiger partial charge is 0.480 e. The zero-order chi connectivity index (χ0) is 15.7. The molecule has 1 aromatic carbocycles. The van der Waals surface area contributed by atoms with Crippen LogP contribution in [0.15, 0.2) is 42.5 Å². The van der Waals surface area contributed by atoms with Crippen molar-refractivity contribution in [2.45, 2.75) is 19.1 Å². The first-order valence-corrected chi connectivity index (χ1v) is 6.08. The van der Waals surface area contributed by atoms with E-state index in [1.54, 1.807) is 24.3 Å². The lowest BCUT2D eigenvalue weighted by Crippen LogP contribution is -2.40. The molecule has 0 aliphatic heterocycles. The second-order valence-corrected chi connectivity index (χ2v) is 4.07. The molecule has 0 heterocycles. The number of alkyl carbamates (subject to hydrolysis) is 1. The summed E-state index contributed by atoms with van der Waals surface area (Å²) in [4.78, 5) is 32.7. The number of carboxylic acids is 2. The number of nitrogens with one attached hydrogen (secondary N) is 1. The second kappa shape index (κ2) is 8.36. The molecule has 3 N–H and O–H groups in total. The van der Waals surface area contributed by atoms with Crippen LogP contribution in [0.1, 0.15) is 12.0 Å². The van der Waals surface area contributed by atoms with E-state index >= 15 is 0 Å². The molecule has 0 radical (unpaired) electrons. The van der Waals surface area contributed by atoms with Crippen LogP contribution in [0, 0.1) is 0 Å². The van der Waals surface area contributed by atoms with Gasteiger partial charge in [0.05, 0.1) is 0 Å². The maximum Gasteiger partial charge on any atom is 0.408 e. The highest BCUT2D eigenvalue weighted by molar-refractivity contribution is 5.81. The number of carbonyl (C=O) groups excluding carboxylic acids is 1. The Morgan fingerprint density at radius 1 is 1.19 bits per heavy atom. The molecule has 0 aromatic heterocycles. The van der Waals surface area contributed by atoms with E-state index in [-0.39, 0.29) is 13.0 Å². The summed E-state index contributed by atoms with van der Waals surface area (Å²) in [6.45, 7) is 0.0178. The number of aliphatic carboxylic acids is 2. The molecule has 0 fully saturated rings. The lowest BCUT2D eigenvalue weighted by Gasteiger charge is -2.12. The van der Waals surface area contributed by atoms with Crippen molar-refractivity contribution < 1.29 is 29.3 Å². The van der Waals surface area contributed by atoms with Crippen molar-refractivity contribution in [3.05, 3.63) is 48.0 Å². The Kier molecular flexibility index (Phi) is 6.46. The molecule has 0 bridgehead atoms. The minimum atomic E-state index is -1.28. The fourth-order valence-corrected chi connectivity index (χ4v) is 1.43. The minimum Gasteiger partial charge on any atom is -0.480 e. The van der Waals surface area contributed by atoms with Gasteiger partial charge in [0.25, 0.3) is 0 Å². The molecule has 7 nitrogen and oxygen atoms in total. The number of ether oxygens (including phenoxy) is 1. The predicted molar refractivity (Wildman–Crippen MR) is 72.6 cm³/mol. The first-order chi connectivity index (χ1) is 9.99. The first-order valence-electron chi connectivity index (χ1n) is 6.08. The third kappa shape index (κ3) is 6.76. The fourth-order valence-electron chi connectivity index (χ4n) is 1.43. The highest BCUT2D eigenvalue weighted by Crippen LogP contribution is 2.02. The van der Waals surface area contributed by atoms with Crippen molar-refractivity contribution in [2.75, 3.05) is 0 Å². The Morgan fingerprint density at radius 3 is 2.43 bits per heavy atom. The zero-order valence-corrected chi connectivity index (χ0v) is 11.1. The van der Waals surface area contributed by atoms with Crippen LogP contribution in [0.5, 0.6) is 0 Å². The Hall–Kier alpha value is -2.83. The van der Waals surface area contributed by atoms with Crippen LogP contribution in [-0.4, -0.2) is 34.3 Å². The van der Waals surface area contributed by atoms with Gasteiger partial charge in [-0.3, -0.25) is 0 Å². The average molecular weight is 293 g/mol. The van der Waals surface area contributed by atoms with Gasteiger partial charge >= 0.3 is 18.0 Å². The fraction of sp³-hybridized carbons (Fsp3) is 0.214. The van der Waals surface area contributed by atoms with Gasteiger partial charge in [0.15, 0.2) is 0 Å². The molecular formula is C14H15NO6. The number of rotatable bonds is 7. The predicted octanol–water partition coefficient (Wildman–Crippen LogP) is 1.40. The Labute approximate surface area is 120 Å². The van der Waals surface area contributed by atoms with E-state index in [9.17, 15) is 14.4 Å². The van der Waals surface area contributed by atoms with E-state index in [1.807, 2.05) is 6.07 Å². The summed E-state index contributed by atoms with van der Waals surface area (Å²) in [7, 11) is 0. The molecule has 1 atom stereocenters. The number of hydrogen-bond acceptors (Lipinski definition) is 4. The van der Waals surface area contributed by atoms with Crippen LogP contribution in [0.25, 0.3) is 0 Å². The van der Waals surface area contributed by atoms with Gasteiger partial charge < -0.3 is 20.3 Å². The molecule has 21 heavy (non-hydrogen) atoms. The van der Waals surface area contributed by atoms with Crippen LogP contribution in [0.3, 0.4) is 0 Å². The number of carboxylic acid groups (broad SMARTS) is 2. The Balaban J connectivity index is 2.45. The molecule has 1 aromatic rings. The molecule has 112 valence electrons. The van der Waals surface area contributed by atoms with E-state index in [4.69, 9.17) is 14.9 Å². The zero-order valence-electron chi connectivity index (χ0n) is 11.1. The molecule has 0 unspecified atom stereocenters. The smallest absolute Gasteiger partial charge is 0.408 e. The lowest BCUT2D eigenvalue weighted by molar-refractivity contribution is -0.139. The first kappa shape index (κ1) is 16.2. The van der Waals surface area contributed by atoms with Gasteiger partial charge in [-0.25, -0.2) is 14.4 Å². The van der Waals surface area contributed by atoms with Crippen LogP contribution in [-0.2, 0) is 20.9 Å². The highest BCUT2D eigenvalue weighted by Gasteiger charge is 2.19. The third-order valence-corrected chi connectivity index (χ3v) is 2.44. The van der Waals surface area contributed by atoms with Crippen molar-refractivity contribution >= 4 is 18.0 Å². The number of carbonyl (C=O) groups is 3. The number of benzene rings is 1. The van der Waals surface area contributed by atoms with Crippen molar-refractivity contribution in [1.29, 1.82) is 0 Å². The molecule has 0 spiro atoms. The third-order valence-electron chi connectivity index (χ3n) is 2.44. The van der Waals surface area contributed by atoms with Gasteiger partial charge in [-0.2, -0.15) is 0 Å². The molecule has 0 saturated carbocycles. The molecule has 7 heteroatoms. The van der Waals surface area contributed by atoms with Crippen molar-refractivity contribution in [3.8, 4) is 0 Å². The van der Waals surface area contributed by atoms with Crippen molar-refractivity contribution in [3.63, 3.8) is 0 Å². The van der Waals surface area contributed by atoms with Crippen molar-refractivity contribution in [1.82, 2.24) is 5.32 Å². The van der Waals surface area contributed by atoms with Gasteiger partial charge in [0.1, 0.15) is 12.6 Å². The Morgan fingerprint density at radius 2 is 1.86 bits per heavy atom. The molecule has 1 rings (SSSR count). The van der Waals surface area contributed by atoms with Gasteiger partial charge in [0, 0.05) is 6.08 Å². The highest BCUT2D eigenvalue weighted by atomic mass is 16.5. The van der Waals surface area contributed by atoms with Gasteiger partial charge in [-0.1, -0.05) is 36.4 Å². The van der Waals surface area contributed by atoms with E-state index in [0.717, 1.165) is 17.7 Å². The van der Waals surface area contributed by atoms with E-state index in [0.29, 0.717) is 0 Å². The lowest BCUT2D eigenvalue weighted by atomic mass is 10.2. The quantitative estimate of drug-likeness (QED) is 0.655. The summed E-state index contributed by atoms with van der Waals surface area (Å²) < 4.78 is 4.88. The van der Waals surface area contributed by atoms with Crippen molar-refractivity contribution in [2.24, 2.45) is 0 Å². The second-order valence-electron chi connectivity index (χ2n) is 4.07. The van der Waals surface area contributed by atoms with Gasteiger partial charge in [0.2, 0.25) is 0 Å². The van der Waals surface area contributed by atoms with Crippen LogP contribution in [0.2, 0.25) is 0 Å². The normalized spacial score (nSPS) is 11.8. The molecule has 0 aliphatic rings. The Bertz CT molecular complexity index is 526. The summed E-state index contributed by atoms with van der Waals surface area (Å²) in [5.74, 6) is -2.47. The van der Waals surface area contributed by atoms with Crippen LogP contribution < -0.4 is 5.32 Å². The molecule has 0 saturated heterocycles. The molecule has 1 amide bonds. The summed E-state index contributed by atoms with van der Waals surface area (Å²) >= 11 is 0. The topological polar surface area (TPSA) is 113 Å². The number of amides is 1. The summed E-state index contributed by atoms with van der Waals surface area (Å²) in [6.07, 6.45) is 0.933. The van der Waals surface area contributed by atoms with Crippen LogP contribution in [0.4, 0.5) is 4.79 Å². The standard InChI is InChI=1S/C14H15NO6/c16-12(17)8-4-7-11(13(18)19)15-14(20)21-9-10-5-2-1-3-6-10/h1-6,8,11H,7,9H2,(H,15,20)(H,16,17)(H,18,19)/b8-4-/t11-/m0/s1. The SMILES string of the molecule is O=C(O)/C=C\C[C@H](NC(=O)OCc1ccccc1)C(=O)O. The molecule has 0 aliphatic carbocycles. The van der Waals surface area contributed by atoms with Gasteiger partial charge in [-0.15, -0.1) is 0 Å². The average Bonchev–Trinajstić information content (AvgIpc) is 2.44. The monoisotopic (exact) mass is 293 g/mol. The summed E-state index contributed by atoms with van der Waals surface area (Å²) in [5.41, 5.74) is 0.769. The van der Waals surface area contributed by atoms with Crippen LogP contribution >= 0.6 is 0 Å². The van der Waals surface area contributed by atoms with E-state index < -0.39 is 24.1 Å². The maximum atomic E-state index is 11.5. The molecular weight excluding hydrogens is 278 g/mol. The summed E-state index contributed by atoms with van der Waals surface area (Å²) in [6, 6.07) is 7.66. The van der Waals surface area contributed by atoms with E-state index in [2.05, 4.69) is 5.32 Å².